The molecule has 1 amide bonds. The van der Waals surface area contributed by atoms with Crippen molar-refractivity contribution in [1.29, 1.82) is 0 Å². The summed E-state index contributed by atoms with van der Waals surface area (Å²) in [7, 11) is 1.54. The summed E-state index contributed by atoms with van der Waals surface area (Å²) in [6.45, 7) is 0.339. The number of hydrogen-bond acceptors (Lipinski definition) is 4. The van der Waals surface area contributed by atoms with Crippen LogP contribution in [0.5, 0.6) is 5.75 Å². The van der Waals surface area contributed by atoms with Gasteiger partial charge in [-0.3, -0.25) is 14.3 Å². The Hall–Kier alpha value is -2.69. The Labute approximate surface area is 178 Å². The van der Waals surface area contributed by atoms with Crippen molar-refractivity contribution in [2.45, 2.75) is 18.9 Å². The van der Waals surface area contributed by atoms with Gasteiger partial charge in [-0.05, 0) is 71.8 Å². The zero-order valence-electron chi connectivity index (χ0n) is 15.4. The average Bonchev–Trinajstić information content (AvgIpc) is 3.19. The van der Waals surface area contributed by atoms with Crippen molar-refractivity contribution in [1.82, 2.24) is 14.5 Å². The van der Waals surface area contributed by atoms with E-state index in [-0.39, 0.29) is 16.7 Å². The Morgan fingerprint density at radius 2 is 2.03 bits per heavy atom. The quantitative estimate of drug-likeness (QED) is 0.541. The molecule has 3 aromatic rings. The van der Waals surface area contributed by atoms with Crippen LogP contribution in [0.1, 0.15) is 24.7 Å². The number of benzene rings is 2. The number of aromatic nitrogens is 2. The fourth-order valence-corrected chi connectivity index (χ4v) is 4.28. The second-order valence-corrected chi connectivity index (χ2v) is 7.97. The highest BCUT2D eigenvalue weighted by atomic mass is 127. The molecule has 1 atom stereocenters. The molecule has 2 heterocycles. The molecule has 1 saturated heterocycles. The van der Waals surface area contributed by atoms with E-state index in [0.29, 0.717) is 34.4 Å². The van der Waals surface area contributed by atoms with Crippen LogP contribution in [0, 0.1) is 9.39 Å². The molecular weight excluding hydrogens is 492 g/mol. The van der Waals surface area contributed by atoms with E-state index in [1.165, 1.54) is 22.6 Å². The molecule has 9 heteroatoms. The standard InChI is InChI=1S/C20H17FIN3O4/c1-29-13-6-4-12(5-7-13)25-18(16-3-2-8-24(16)20(27)28)23-17-14(19(25)26)9-11(22)10-15(17)21/h4-7,9-10,16H,2-3,8H2,1H3,(H,27,28). The predicted octanol–water partition coefficient (Wildman–Crippen LogP) is 3.95. The highest BCUT2D eigenvalue weighted by Crippen LogP contribution is 2.33. The van der Waals surface area contributed by atoms with E-state index in [4.69, 9.17) is 4.74 Å². The summed E-state index contributed by atoms with van der Waals surface area (Å²) in [5.41, 5.74) is 0.0222. The molecule has 150 valence electrons. The number of likely N-dealkylation sites (tertiary alicyclic amines) is 1. The van der Waals surface area contributed by atoms with Crippen molar-refractivity contribution in [3.05, 3.63) is 62.0 Å². The summed E-state index contributed by atoms with van der Waals surface area (Å²) in [4.78, 5) is 30.8. The van der Waals surface area contributed by atoms with E-state index in [1.807, 2.05) is 22.6 Å². The van der Waals surface area contributed by atoms with E-state index in [0.717, 1.165) is 0 Å². The molecule has 0 bridgehead atoms. The van der Waals surface area contributed by atoms with Crippen LogP contribution in [-0.2, 0) is 0 Å². The van der Waals surface area contributed by atoms with Gasteiger partial charge in [-0.15, -0.1) is 0 Å². The summed E-state index contributed by atoms with van der Waals surface area (Å²) in [6.07, 6.45) is 0.0564. The number of hydrogen-bond donors (Lipinski definition) is 1. The molecule has 1 unspecified atom stereocenters. The number of ether oxygens (including phenoxy) is 1. The molecule has 0 aliphatic carbocycles. The van der Waals surface area contributed by atoms with Crippen LogP contribution in [0.3, 0.4) is 0 Å². The third kappa shape index (κ3) is 3.43. The number of methoxy groups -OCH3 is 1. The zero-order valence-corrected chi connectivity index (χ0v) is 17.6. The van der Waals surface area contributed by atoms with Gasteiger partial charge in [-0.1, -0.05) is 0 Å². The third-order valence-electron chi connectivity index (χ3n) is 5.04. The van der Waals surface area contributed by atoms with Crippen LogP contribution >= 0.6 is 22.6 Å². The largest absolute Gasteiger partial charge is 0.497 e. The van der Waals surface area contributed by atoms with Crippen molar-refractivity contribution < 1.29 is 19.0 Å². The first-order valence-corrected chi connectivity index (χ1v) is 10.0. The van der Waals surface area contributed by atoms with Crippen molar-refractivity contribution in [2.24, 2.45) is 0 Å². The first kappa shape index (κ1) is 19.6. The normalized spacial score (nSPS) is 16.4. The molecule has 0 saturated carbocycles. The minimum Gasteiger partial charge on any atom is -0.497 e. The van der Waals surface area contributed by atoms with Gasteiger partial charge in [-0.2, -0.15) is 0 Å². The van der Waals surface area contributed by atoms with Gasteiger partial charge in [-0.25, -0.2) is 14.2 Å². The Bertz CT molecular complexity index is 1160. The number of nitrogens with zero attached hydrogens (tertiary/aromatic N) is 3. The van der Waals surface area contributed by atoms with Gasteiger partial charge < -0.3 is 9.84 Å². The van der Waals surface area contributed by atoms with Crippen LogP contribution in [0.2, 0.25) is 0 Å². The number of carboxylic acid groups (broad SMARTS) is 1. The molecule has 4 rings (SSSR count). The van der Waals surface area contributed by atoms with Gasteiger partial charge in [0, 0.05) is 10.1 Å². The summed E-state index contributed by atoms with van der Waals surface area (Å²) < 4.78 is 21.8. The molecule has 1 N–H and O–H groups in total. The smallest absolute Gasteiger partial charge is 0.407 e. The summed E-state index contributed by atoms with van der Waals surface area (Å²) >= 11 is 1.95. The maximum Gasteiger partial charge on any atom is 0.407 e. The van der Waals surface area contributed by atoms with Crippen molar-refractivity contribution in [2.75, 3.05) is 13.7 Å². The Kier molecular flexibility index (Phi) is 5.15. The highest BCUT2D eigenvalue weighted by Gasteiger charge is 2.34. The molecule has 1 fully saturated rings. The second kappa shape index (κ2) is 7.62. The van der Waals surface area contributed by atoms with Crippen LogP contribution in [0.25, 0.3) is 16.6 Å². The average molecular weight is 509 g/mol. The van der Waals surface area contributed by atoms with E-state index in [9.17, 15) is 19.1 Å². The monoisotopic (exact) mass is 509 g/mol. The van der Waals surface area contributed by atoms with Crippen molar-refractivity contribution in [3.63, 3.8) is 0 Å². The zero-order chi connectivity index (χ0) is 20.7. The first-order valence-electron chi connectivity index (χ1n) is 8.96. The number of carbonyl (C=O) groups is 1. The van der Waals surface area contributed by atoms with Crippen molar-refractivity contribution >= 4 is 39.6 Å². The number of halogens is 2. The SMILES string of the molecule is COc1ccc(-n2c(C3CCCN3C(=O)O)nc3c(F)cc(I)cc3c2=O)cc1. The maximum atomic E-state index is 14.6. The lowest BCUT2D eigenvalue weighted by Gasteiger charge is -2.24. The van der Waals surface area contributed by atoms with Gasteiger partial charge in [0.1, 0.15) is 17.1 Å². The van der Waals surface area contributed by atoms with E-state index < -0.39 is 23.5 Å². The second-order valence-electron chi connectivity index (χ2n) is 6.73. The molecule has 0 radical (unpaired) electrons. The van der Waals surface area contributed by atoms with Crippen LogP contribution in [-0.4, -0.2) is 39.3 Å². The summed E-state index contributed by atoms with van der Waals surface area (Å²) in [5, 5.41) is 9.71. The van der Waals surface area contributed by atoms with Crippen molar-refractivity contribution in [3.8, 4) is 11.4 Å². The summed E-state index contributed by atoms with van der Waals surface area (Å²) in [5.74, 6) is 0.227. The van der Waals surface area contributed by atoms with E-state index in [2.05, 4.69) is 4.98 Å². The number of fused-ring (bicyclic) bond motifs is 1. The Morgan fingerprint density at radius 3 is 2.69 bits per heavy atom. The Balaban J connectivity index is 2.03. The van der Waals surface area contributed by atoms with E-state index in [1.54, 1.807) is 30.3 Å². The number of rotatable bonds is 3. The third-order valence-corrected chi connectivity index (χ3v) is 5.67. The molecule has 7 nitrogen and oxygen atoms in total. The molecular formula is C20H17FIN3O4. The lowest BCUT2D eigenvalue weighted by molar-refractivity contribution is 0.138. The highest BCUT2D eigenvalue weighted by molar-refractivity contribution is 14.1. The van der Waals surface area contributed by atoms with Gasteiger partial charge >= 0.3 is 6.09 Å². The predicted molar refractivity (Wildman–Crippen MR) is 113 cm³/mol. The molecule has 2 aromatic carbocycles. The minimum atomic E-state index is -1.09. The molecule has 1 aliphatic rings. The molecule has 0 spiro atoms. The lowest BCUT2D eigenvalue weighted by atomic mass is 10.1. The maximum absolute atomic E-state index is 14.6. The Morgan fingerprint density at radius 1 is 1.31 bits per heavy atom. The molecule has 1 aromatic heterocycles. The van der Waals surface area contributed by atoms with E-state index >= 15 is 0 Å². The fourth-order valence-electron chi connectivity index (χ4n) is 3.70. The minimum absolute atomic E-state index is 0.0487. The number of amides is 1. The van der Waals surface area contributed by atoms with Gasteiger partial charge in [0.2, 0.25) is 0 Å². The van der Waals surface area contributed by atoms with Gasteiger partial charge in [0.25, 0.3) is 5.56 Å². The summed E-state index contributed by atoms with van der Waals surface area (Å²) in [6, 6.07) is 9.06. The van der Waals surface area contributed by atoms with Crippen LogP contribution < -0.4 is 10.3 Å². The fraction of sp³-hybridized carbons (Fsp3) is 0.250. The topological polar surface area (TPSA) is 84.7 Å². The molecule has 29 heavy (non-hydrogen) atoms. The first-order chi connectivity index (χ1) is 13.9. The van der Waals surface area contributed by atoms with Gasteiger partial charge in [0.15, 0.2) is 5.82 Å². The van der Waals surface area contributed by atoms with Crippen LogP contribution in [0.15, 0.2) is 41.2 Å². The lowest BCUT2D eigenvalue weighted by Crippen LogP contribution is -2.34. The van der Waals surface area contributed by atoms with Gasteiger partial charge in [0.05, 0.1) is 24.2 Å². The molecule has 1 aliphatic heterocycles. The van der Waals surface area contributed by atoms with Crippen LogP contribution in [0.4, 0.5) is 9.18 Å².